The van der Waals surface area contributed by atoms with Crippen LogP contribution < -0.4 is 5.32 Å². The number of benzene rings is 2. The van der Waals surface area contributed by atoms with Crippen molar-refractivity contribution in [3.05, 3.63) is 89.0 Å². The maximum Gasteiger partial charge on any atom is 0.252 e. The number of amides is 1. The number of halogens is 1. The Morgan fingerprint density at radius 1 is 1.07 bits per heavy atom. The monoisotopic (exact) mass is 374 g/mol. The van der Waals surface area contributed by atoms with Crippen LogP contribution >= 0.6 is 0 Å². The molecule has 4 rings (SSSR count). The van der Waals surface area contributed by atoms with Crippen LogP contribution in [0.3, 0.4) is 0 Å². The average molecular weight is 374 g/mol. The summed E-state index contributed by atoms with van der Waals surface area (Å²) in [5.74, 6) is -0.497. The fraction of sp³-hybridized carbons (Fsp3) is 0.136. The van der Waals surface area contributed by atoms with Crippen LogP contribution in [-0.4, -0.2) is 20.7 Å². The highest BCUT2D eigenvalue weighted by molar-refractivity contribution is 6.06. The summed E-state index contributed by atoms with van der Waals surface area (Å²) in [4.78, 5) is 17.5. The quantitative estimate of drug-likeness (QED) is 0.585. The second-order valence-electron chi connectivity index (χ2n) is 6.65. The van der Waals surface area contributed by atoms with Crippen molar-refractivity contribution in [3.63, 3.8) is 0 Å². The third-order valence-electron chi connectivity index (χ3n) is 4.55. The van der Waals surface area contributed by atoms with Gasteiger partial charge in [0.15, 0.2) is 5.65 Å². The van der Waals surface area contributed by atoms with Crippen LogP contribution in [0.25, 0.3) is 16.7 Å². The van der Waals surface area contributed by atoms with Crippen LogP contribution in [0.15, 0.2) is 60.7 Å². The molecule has 0 aliphatic carbocycles. The smallest absolute Gasteiger partial charge is 0.252 e. The van der Waals surface area contributed by atoms with Crippen molar-refractivity contribution in [1.29, 1.82) is 0 Å². The molecule has 2 aromatic heterocycles. The molecule has 6 heteroatoms. The molecule has 4 aromatic rings. The number of aromatic nitrogens is 3. The number of aryl methyl sites for hydroxylation is 2. The standard InChI is InChI=1S/C22H19FN4O/c1-14-12-19(22(28)24-13-16-6-4-3-5-7-16)20-15(2)26-27(21(20)25-14)18-10-8-17(23)9-11-18/h3-12H,13H2,1-2H3,(H,24,28). The third-order valence-corrected chi connectivity index (χ3v) is 4.55. The molecule has 0 aliphatic rings. The first-order chi connectivity index (χ1) is 13.5. The summed E-state index contributed by atoms with van der Waals surface area (Å²) in [7, 11) is 0. The van der Waals surface area contributed by atoms with Gasteiger partial charge in [0.05, 0.1) is 22.3 Å². The van der Waals surface area contributed by atoms with Gasteiger partial charge in [0.2, 0.25) is 0 Å². The summed E-state index contributed by atoms with van der Waals surface area (Å²) in [6.07, 6.45) is 0. The Labute approximate surface area is 161 Å². The lowest BCUT2D eigenvalue weighted by molar-refractivity contribution is 0.0952. The van der Waals surface area contributed by atoms with Gasteiger partial charge in [0.1, 0.15) is 5.82 Å². The molecule has 0 saturated carbocycles. The molecular weight excluding hydrogens is 355 g/mol. The summed E-state index contributed by atoms with van der Waals surface area (Å²) in [5.41, 5.74) is 4.22. The zero-order valence-corrected chi connectivity index (χ0v) is 15.6. The van der Waals surface area contributed by atoms with Gasteiger partial charge in [-0.25, -0.2) is 14.1 Å². The molecular formula is C22H19FN4O. The van der Waals surface area contributed by atoms with E-state index in [2.05, 4.69) is 15.4 Å². The lowest BCUT2D eigenvalue weighted by atomic mass is 10.1. The number of carbonyl (C=O) groups is 1. The topological polar surface area (TPSA) is 59.8 Å². The highest BCUT2D eigenvalue weighted by Gasteiger charge is 2.19. The molecule has 0 radical (unpaired) electrons. The van der Waals surface area contributed by atoms with Crippen LogP contribution in [-0.2, 0) is 6.54 Å². The van der Waals surface area contributed by atoms with Gasteiger partial charge in [0, 0.05) is 12.2 Å². The highest BCUT2D eigenvalue weighted by Crippen LogP contribution is 2.25. The molecule has 140 valence electrons. The van der Waals surface area contributed by atoms with E-state index in [0.717, 1.165) is 5.56 Å². The van der Waals surface area contributed by atoms with Crippen molar-refractivity contribution in [1.82, 2.24) is 20.1 Å². The second kappa shape index (κ2) is 7.23. The lowest BCUT2D eigenvalue weighted by Crippen LogP contribution is -2.23. The molecule has 1 N–H and O–H groups in total. The van der Waals surface area contributed by atoms with Gasteiger partial charge in [0.25, 0.3) is 5.91 Å². The van der Waals surface area contributed by atoms with E-state index in [-0.39, 0.29) is 11.7 Å². The molecule has 1 amide bonds. The Hall–Kier alpha value is -3.54. The number of fused-ring (bicyclic) bond motifs is 1. The molecule has 2 heterocycles. The number of nitrogens with zero attached hydrogens (tertiary/aromatic N) is 3. The van der Waals surface area contributed by atoms with Crippen molar-refractivity contribution in [2.24, 2.45) is 0 Å². The van der Waals surface area contributed by atoms with Gasteiger partial charge in [-0.15, -0.1) is 0 Å². The molecule has 0 unspecified atom stereocenters. The van der Waals surface area contributed by atoms with Crippen LogP contribution in [0.5, 0.6) is 0 Å². The van der Waals surface area contributed by atoms with E-state index < -0.39 is 0 Å². The van der Waals surface area contributed by atoms with E-state index in [1.165, 1.54) is 12.1 Å². The zero-order chi connectivity index (χ0) is 19.7. The predicted octanol–water partition coefficient (Wildman–Crippen LogP) is 4.11. The average Bonchev–Trinajstić information content (AvgIpc) is 3.03. The van der Waals surface area contributed by atoms with E-state index in [1.807, 2.05) is 44.2 Å². The SMILES string of the molecule is Cc1cc(C(=O)NCc2ccccc2)c2c(C)nn(-c3ccc(F)cc3)c2n1. The molecule has 2 aromatic carbocycles. The molecule has 0 saturated heterocycles. The number of pyridine rings is 1. The summed E-state index contributed by atoms with van der Waals surface area (Å²) in [5, 5.41) is 8.20. The van der Waals surface area contributed by atoms with E-state index in [4.69, 9.17) is 0 Å². The summed E-state index contributed by atoms with van der Waals surface area (Å²) >= 11 is 0. The fourth-order valence-corrected chi connectivity index (χ4v) is 3.23. The van der Waals surface area contributed by atoms with Crippen molar-refractivity contribution in [3.8, 4) is 5.69 Å². The first kappa shape index (κ1) is 17.9. The van der Waals surface area contributed by atoms with E-state index >= 15 is 0 Å². The molecule has 0 aliphatic heterocycles. The first-order valence-corrected chi connectivity index (χ1v) is 8.98. The highest BCUT2D eigenvalue weighted by atomic mass is 19.1. The maximum atomic E-state index is 13.3. The van der Waals surface area contributed by atoms with Crippen LogP contribution in [0, 0.1) is 19.7 Å². The number of hydrogen-bond donors (Lipinski definition) is 1. The Morgan fingerprint density at radius 3 is 2.50 bits per heavy atom. The van der Waals surface area contributed by atoms with Gasteiger partial charge >= 0.3 is 0 Å². The minimum Gasteiger partial charge on any atom is -0.348 e. The van der Waals surface area contributed by atoms with Crippen molar-refractivity contribution in [2.75, 3.05) is 0 Å². The van der Waals surface area contributed by atoms with Crippen molar-refractivity contribution >= 4 is 16.9 Å². The van der Waals surface area contributed by atoms with Gasteiger partial charge in [-0.2, -0.15) is 5.10 Å². The summed E-state index contributed by atoms with van der Waals surface area (Å²) < 4.78 is 14.9. The fourth-order valence-electron chi connectivity index (χ4n) is 3.23. The van der Waals surface area contributed by atoms with E-state index in [0.29, 0.717) is 40.2 Å². The Kier molecular flexibility index (Phi) is 4.61. The molecule has 0 spiro atoms. The van der Waals surface area contributed by atoms with E-state index in [9.17, 15) is 9.18 Å². The largest absolute Gasteiger partial charge is 0.348 e. The third kappa shape index (κ3) is 3.36. The van der Waals surface area contributed by atoms with Crippen LogP contribution in [0.4, 0.5) is 4.39 Å². The van der Waals surface area contributed by atoms with Gasteiger partial charge in [-0.1, -0.05) is 30.3 Å². The Morgan fingerprint density at radius 2 is 1.79 bits per heavy atom. The van der Waals surface area contributed by atoms with Crippen molar-refractivity contribution in [2.45, 2.75) is 20.4 Å². The van der Waals surface area contributed by atoms with Gasteiger partial charge in [-0.05, 0) is 49.7 Å². The minimum atomic E-state index is -0.318. The molecule has 28 heavy (non-hydrogen) atoms. The molecule has 0 atom stereocenters. The number of hydrogen-bond acceptors (Lipinski definition) is 3. The first-order valence-electron chi connectivity index (χ1n) is 8.98. The number of rotatable bonds is 4. The lowest BCUT2D eigenvalue weighted by Gasteiger charge is -2.08. The Bertz CT molecular complexity index is 1150. The number of carbonyl (C=O) groups excluding carboxylic acids is 1. The minimum absolute atomic E-state index is 0.180. The van der Waals surface area contributed by atoms with Crippen LogP contribution in [0.2, 0.25) is 0 Å². The maximum absolute atomic E-state index is 13.3. The van der Waals surface area contributed by atoms with Gasteiger partial charge < -0.3 is 5.32 Å². The summed E-state index contributed by atoms with van der Waals surface area (Å²) in [6.45, 7) is 4.12. The Balaban J connectivity index is 1.75. The molecule has 5 nitrogen and oxygen atoms in total. The molecule has 0 bridgehead atoms. The van der Waals surface area contributed by atoms with E-state index in [1.54, 1.807) is 22.9 Å². The zero-order valence-electron chi connectivity index (χ0n) is 15.6. The molecule has 0 fully saturated rings. The summed E-state index contributed by atoms with van der Waals surface area (Å²) in [6, 6.07) is 17.5. The van der Waals surface area contributed by atoms with Crippen LogP contribution in [0.1, 0.15) is 27.3 Å². The number of nitrogens with one attached hydrogen (secondary N) is 1. The predicted molar refractivity (Wildman–Crippen MR) is 106 cm³/mol. The normalized spacial score (nSPS) is 11.0. The van der Waals surface area contributed by atoms with Gasteiger partial charge in [-0.3, -0.25) is 4.79 Å². The second-order valence-corrected chi connectivity index (χ2v) is 6.65. The van der Waals surface area contributed by atoms with Crippen molar-refractivity contribution < 1.29 is 9.18 Å².